The van der Waals surface area contributed by atoms with Crippen LogP contribution in [0.2, 0.25) is 0 Å². The molecular formula is C14H19BrN2O2. The van der Waals surface area contributed by atoms with Crippen molar-refractivity contribution in [1.82, 2.24) is 9.88 Å². The van der Waals surface area contributed by atoms with Gasteiger partial charge in [-0.05, 0) is 60.7 Å². The number of amides is 1. The highest BCUT2D eigenvalue weighted by atomic mass is 79.9. The van der Waals surface area contributed by atoms with Crippen LogP contribution in [0.25, 0.3) is 0 Å². The fraction of sp³-hybridized carbons (Fsp3) is 0.571. The molecule has 5 heteroatoms. The minimum Gasteiger partial charge on any atom is -0.444 e. The van der Waals surface area contributed by atoms with E-state index in [0.717, 1.165) is 24.0 Å². The Morgan fingerprint density at radius 3 is 2.74 bits per heavy atom. The van der Waals surface area contributed by atoms with Crippen molar-refractivity contribution in [3.8, 4) is 0 Å². The Balaban J connectivity index is 1.79. The summed E-state index contributed by atoms with van der Waals surface area (Å²) in [7, 11) is 0. The van der Waals surface area contributed by atoms with Crippen molar-refractivity contribution in [3.05, 3.63) is 28.5 Å². The summed E-state index contributed by atoms with van der Waals surface area (Å²) in [6.45, 7) is 7.18. The van der Waals surface area contributed by atoms with Crippen molar-refractivity contribution in [2.45, 2.75) is 32.8 Å². The first-order chi connectivity index (χ1) is 8.83. The third-order valence-electron chi connectivity index (χ3n) is 2.89. The van der Waals surface area contributed by atoms with Gasteiger partial charge in [0, 0.05) is 30.0 Å². The largest absolute Gasteiger partial charge is 0.444 e. The molecule has 0 atom stereocenters. The first kappa shape index (κ1) is 14.3. The molecule has 1 aliphatic heterocycles. The van der Waals surface area contributed by atoms with Gasteiger partial charge in [0.05, 0.1) is 0 Å². The van der Waals surface area contributed by atoms with Gasteiger partial charge < -0.3 is 9.64 Å². The summed E-state index contributed by atoms with van der Waals surface area (Å²) in [5.41, 5.74) is 0.777. The van der Waals surface area contributed by atoms with E-state index in [2.05, 4.69) is 27.0 Å². The van der Waals surface area contributed by atoms with Crippen LogP contribution in [-0.2, 0) is 11.2 Å². The molecule has 0 N–H and O–H groups in total. The van der Waals surface area contributed by atoms with E-state index in [1.807, 2.05) is 27.0 Å². The molecule has 0 aliphatic carbocycles. The van der Waals surface area contributed by atoms with Crippen molar-refractivity contribution in [1.29, 1.82) is 0 Å². The Morgan fingerprint density at radius 1 is 1.47 bits per heavy atom. The number of carbonyl (C=O) groups excluding carboxylic acids is 1. The molecular weight excluding hydrogens is 308 g/mol. The van der Waals surface area contributed by atoms with Gasteiger partial charge in [0.1, 0.15) is 5.60 Å². The van der Waals surface area contributed by atoms with Crippen molar-refractivity contribution in [2.24, 2.45) is 5.92 Å². The third kappa shape index (κ3) is 4.20. The smallest absolute Gasteiger partial charge is 0.410 e. The number of hydrogen-bond donors (Lipinski definition) is 0. The van der Waals surface area contributed by atoms with E-state index in [0.29, 0.717) is 5.92 Å². The molecule has 19 heavy (non-hydrogen) atoms. The second kappa shape index (κ2) is 5.49. The molecule has 1 amide bonds. The fourth-order valence-corrected chi connectivity index (χ4v) is 2.49. The Hall–Kier alpha value is -1.10. The van der Waals surface area contributed by atoms with Crippen LogP contribution in [0.15, 0.2) is 22.9 Å². The molecule has 1 aromatic heterocycles. The molecule has 0 bridgehead atoms. The maximum atomic E-state index is 11.8. The summed E-state index contributed by atoms with van der Waals surface area (Å²) in [5.74, 6) is 0.503. The second-order valence-electron chi connectivity index (χ2n) is 5.97. The van der Waals surface area contributed by atoms with E-state index < -0.39 is 5.60 Å². The van der Waals surface area contributed by atoms with Gasteiger partial charge in [-0.3, -0.25) is 4.98 Å². The van der Waals surface area contributed by atoms with Crippen molar-refractivity contribution in [2.75, 3.05) is 13.1 Å². The Morgan fingerprint density at radius 2 is 2.16 bits per heavy atom. The fourth-order valence-electron chi connectivity index (χ4n) is 2.08. The average molecular weight is 327 g/mol. The van der Waals surface area contributed by atoms with E-state index in [-0.39, 0.29) is 6.09 Å². The first-order valence-corrected chi connectivity index (χ1v) is 7.20. The number of rotatable bonds is 2. The summed E-state index contributed by atoms with van der Waals surface area (Å²) < 4.78 is 6.32. The molecule has 0 aromatic carbocycles. The summed E-state index contributed by atoms with van der Waals surface area (Å²) in [5, 5.41) is 0. The highest BCUT2D eigenvalue weighted by Crippen LogP contribution is 2.23. The van der Waals surface area contributed by atoms with Crippen molar-refractivity contribution in [3.63, 3.8) is 0 Å². The van der Waals surface area contributed by atoms with Crippen LogP contribution in [0, 0.1) is 5.92 Å². The lowest BCUT2D eigenvalue weighted by atomic mass is 9.93. The Bertz CT molecular complexity index is 465. The van der Waals surface area contributed by atoms with Gasteiger partial charge in [-0.2, -0.15) is 0 Å². The molecule has 1 fully saturated rings. The van der Waals surface area contributed by atoms with Crippen LogP contribution in [0.3, 0.4) is 0 Å². The molecule has 1 aliphatic rings. The van der Waals surface area contributed by atoms with Crippen LogP contribution >= 0.6 is 15.9 Å². The number of carbonyl (C=O) groups is 1. The standard InChI is InChI=1S/C14H19BrN2O2/c1-14(2,3)19-13(18)17-8-11(9-17)4-10-5-12(15)7-16-6-10/h5-7,11H,4,8-9H2,1-3H3. The number of aromatic nitrogens is 1. The maximum absolute atomic E-state index is 11.8. The molecule has 2 heterocycles. The predicted molar refractivity (Wildman–Crippen MR) is 76.9 cm³/mol. The van der Waals surface area contributed by atoms with Crippen LogP contribution in [0.1, 0.15) is 26.3 Å². The van der Waals surface area contributed by atoms with E-state index in [4.69, 9.17) is 4.74 Å². The summed E-state index contributed by atoms with van der Waals surface area (Å²) in [6.07, 6.45) is 4.39. The summed E-state index contributed by atoms with van der Waals surface area (Å²) in [6, 6.07) is 2.07. The topological polar surface area (TPSA) is 42.4 Å². The van der Waals surface area contributed by atoms with E-state index in [9.17, 15) is 4.79 Å². The van der Waals surface area contributed by atoms with Gasteiger partial charge in [0.15, 0.2) is 0 Å². The maximum Gasteiger partial charge on any atom is 0.410 e. The molecule has 0 unspecified atom stereocenters. The highest BCUT2D eigenvalue weighted by molar-refractivity contribution is 9.10. The van der Waals surface area contributed by atoms with E-state index >= 15 is 0 Å². The van der Waals surface area contributed by atoms with E-state index in [1.165, 1.54) is 5.56 Å². The van der Waals surface area contributed by atoms with Crippen LogP contribution in [0.5, 0.6) is 0 Å². The number of ether oxygens (including phenoxy) is 1. The van der Waals surface area contributed by atoms with Gasteiger partial charge in [-0.1, -0.05) is 0 Å². The van der Waals surface area contributed by atoms with Crippen molar-refractivity contribution < 1.29 is 9.53 Å². The number of hydrogen-bond acceptors (Lipinski definition) is 3. The summed E-state index contributed by atoms with van der Waals surface area (Å²) >= 11 is 3.41. The molecule has 1 saturated heterocycles. The van der Waals surface area contributed by atoms with Gasteiger partial charge in [-0.25, -0.2) is 4.79 Å². The molecule has 0 spiro atoms. The Labute approximate surface area is 122 Å². The highest BCUT2D eigenvalue weighted by Gasteiger charge is 2.33. The molecule has 0 radical (unpaired) electrons. The van der Waals surface area contributed by atoms with E-state index in [1.54, 1.807) is 11.1 Å². The quantitative estimate of drug-likeness (QED) is 0.837. The average Bonchev–Trinajstić information content (AvgIpc) is 2.20. The Kier molecular flexibility index (Phi) is 4.13. The van der Waals surface area contributed by atoms with Crippen molar-refractivity contribution >= 4 is 22.0 Å². The zero-order valence-electron chi connectivity index (χ0n) is 11.5. The minimum absolute atomic E-state index is 0.212. The predicted octanol–water partition coefficient (Wildman–Crippen LogP) is 3.25. The lowest BCUT2D eigenvalue weighted by molar-refractivity contribution is -0.000886. The minimum atomic E-state index is -0.420. The number of nitrogens with zero attached hydrogens (tertiary/aromatic N) is 2. The lowest BCUT2D eigenvalue weighted by Crippen LogP contribution is -2.52. The molecule has 1 aromatic rings. The monoisotopic (exact) mass is 326 g/mol. The lowest BCUT2D eigenvalue weighted by Gasteiger charge is -2.39. The first-order valence-electron chi connectivity index (χ1n) is 6.41. The zero-order chi connectivity index (χ0) is 14.0. The number of halogens is 1. The third-order valence-corrected chi connectivity index (χ3v) is 3.33. The number of pyridine rings is 1. The molecule has 2 rings (SSSR count). The van der Waals surface area contributed by atoms with Crippen LogP contribution in [-0.4, -0.2) is 34.7 Å². The van der Waals surface area contributed by atoms with Crippen LogP contribution < -0.4 is 0 Å². The zero-order valence-corrected chi connectivity index (χ0v) is 13.1. The molecule has 0 saturated carbocycles. The normalized spacial score (nSPS) is 16.1. The summed E-state index contributed by atoms with van der Waals surface area (Å²) in [4.78, 5) is 17.7. The van der Waals surface area contributed by atoms with Gasteiger partial charge in [0.2, 0.25) is 0 Å². The molecule has 104 valence electrons. The second-order valence-corrected chi connectivity index (χ2v) is 6.88. The number of likely N-dealkylation sites (tertiary alicyclic amines) is 1. The van der Waals surface area contributed by atoms with Gasteiger partial charge in [-0.15, -0.1) is 0 Å². The van der Waals surface area contributed by atoms with Crippen LogP contribution in [0.4, 0.5) is 4.79 Å². The molecule has 4 nitrogen and oxygen atoms in total. The SMILES string of the molecule is CC(C)(C)OC(=O)N1CC(Cc2cncc(Br)c2)C1. The van der Waals surface area contributed by atoms with Gasteiger partial charge in [0.25, 0.3) is 0 Å². The van der Waals surface area contributed by atoms with Gasteiger partial charge >= 0.3 is 6.09 Å².